The summed E-state index contributed by atoms with van der Waals surface area (Å²) in [6, 6.07) is 0. The smallest absolute Gasteiger partial charge is 0.434 e. The number of nitrogens with zero attached hydrogens (tertiary/aromatic N) is 2. The number of carbonyl (C=O) groups is 1. The monoisotopic (exact) mass is 352 g/mol. The second-order valence-electron chi connectivity index (χ2n) is 6.00. The van der Waals surface area contributed by atoms with Gasteiger partial charge in [-0.15, -0.1) is 20.2 Å². The Balaban J connectivity index is 4.30. The lowest BCUT2D eigenvalue weighted by molar-refractivity contribution is -0.798. The molecule has 0 radical (unpaired) electrons. The van der Waals surface area contributed by atoms with Crippen molar-refractivity contribution in [1.82, 2.24) is 0 Å². The van der Waals surface area contributed by atoms with Crippen molar-refractivity contribution in [2.24, 2.45) is 5.92 Å². The Hall–Kier alpha value is -2.33. The van der Waals surface area contributed by atoms with E-state index in [-0.39, 0.29) is 25.4 Å². The lowest BCUT2D eigenvalue weighted by atomic mass is 9.95. The van der Waals surface area contributed by atoms with Gasteiger partial charge in [-0.3, -0.25) is 0 Å². The van der Waals surface area contributed by atoms with E-state index in [2.05, 4.69) is 9.68 Å². The highest BCUT2D eigenvalue weighted by atomic mass is 17.0. The fourth-order valence-corrected chi connectivity index (χ4v) is 1.49. The number of carbonyl (C=O) groups excluding carboxylic acids is 1. The topological polar surface area (TPSA) is 140 Å². The Morgan fingerprint density at radius 2 is 1.62 bits per heavy atom. The van der Waals surface area contributed by atoms with E-state index < -0.39 is 34.1 Å². The van der Waals surface area contributed by atoms with E-state index in [1.54, 1.807) is 13.8 Å². The van der Waals surface area contributed by atoms with Crippen LogP contribution in [0.2, 0.25) is 0 Å². The molecule has 0 aliphatic heterocycles. The molecule has 0 saturated heterocycles. The first-order valence-corrected chi connectivity index (χ1v) is 7.43. The van der Waals surface area contributed by atoms with Gasteiger partial charge >= 0.3 is 6.16 Å². The number of hydrogen-bond acceptors (Lipinski definition) is 9. The Morgan fingerprint density at radius 1 is 1.08 bits per heavy atom. The molecule has 0 spiro atoms. The highest BCUT2D eigenvalue weighted by Gasteiger charge is 2.28. The SMILES string of the molecule is CC(C)C(C)(C)OC(=O)OCCC[C@@H](O[N+](=O)[O-])[C@@H](C)O[N+](=O)[O-]. The van der Waals surface area contributed by atoms with Crippen LogP contribution in [0.5, 0.6) is 0 Å². The Bertz CT molecular complexity index is 439. The van der Waals surface area contributed by atoms with Crippen molar-refractivity contribution in [3.8, 4) is 0 Å². The van der Waals surface area contributed by atoms with E-state index >= 15 is 0 Å². The van der Waals surface area contributed by atoms with Gasteiger partial charge in [0.1, 0.15) is 17.8 Å². The van der Waals surface area contributed by atoms with Crippen LogP contribution in [0.25, 0.3) is 0 Å². The molecule has 0 heterocycles. The van der Waals surface area contributed by atoms with Crippen molar-refractivity contribution in [3.05, 3.63) is 20.2 Å². The minimum atomic E-state index is -1.16. The van der Waals surface area contributed by atoms with Crippen LogP contribution in [0, 0.1) is 26.1 Å². The molecule has 0 aliphatic rings. The molecule has 0 rings (SSSR count). The summed E-state index contributed by atoms with van der Waals surface area (Å²) in [4.78, 5) is 40.9. The molecule has 0 bridgehead atoms. The number of ether oxygens (including phenoxy) is 2. The molecule has 0 unspecified atom stereocenters. The maximum absolute atomic E-state index is 11.6. The zero-order valence-electron chi connectivity index (χ0n) is 14.4. The van der Waals surface area contributed by atoms with Crippen molar-refractivity contribution in [3.63, 3.8) is 0 Å². The van der Waals surface area contributed by atoms with Crippen LogP contribution in [0.1, 0.15) is 47.5 Å². The van der Waals surface area contributed by atoms with Gasteiger partial charge in [0.2, 0.25) is 0 Å². The molecular formula is C13H24N2O9. The normalized spacial score (nSPS) is 13.8. The molecule has 0 amide bonds. The summed E-state index contributed by atoms with van der Waals surface area (Å²) >= 11 is 0. The van der Waals surface area contributed by atoms with Gasteiger partial charge in [0.05, 0.1) is 6.61 Å². The van der Waals surface area contributed by atoms with E-state index in [0.29, 0.717) is 0 Å². The number of hydrogen-bond donors (Lipinski definition) is 0. The molecule has 0 saturated carbocycles. The first-order valence-electron chi connectivity index (χ1n) is 7.43. The third kappa shape index (κ3) is 8.96. The Labute approximate surface area is 139 Å². The molecular weight excluding hydrogens is 328 g/mol. The molecule has 140 valence electrons. The summed E-state index contributed by atoms with van der Waals surface area (Å²) in [7, 11) is 0. The van der Waals surface area contributed by atoms with E-state index in [4.69, 9.17) is 9.47 Å². The molecule has 0 aromatic carbocycles. The van der Waals surface area contributed by atoms with Gasteiger partial charge in [0, 0.05) is 0 Å². The second-order valence-corrected chi connectivity index (χ2v) is 6.00. The van der Waals surface area contributed by atoms with Crippen molar-refractivity contribution < 1.29 is 34.1 Å². The third-order valence-corrected chi connectivity index (χ3v) is 3.59. The highest BCUT2D eigenvalue weighted by Crippen LogP contribution is 2.21. The van der Waals surface area contributed by atoms with Gasteiger partial charge in [-0.1, -0.05) is 13.8 Å². The summed E-state index contributed by atoms with van der Waals surface area (Å²) in [6.45, 7) is 8.48. The largest absolute Gasteiger partial charge is 0.508 e. The van der Waals surface area contributed by atoms with Crippen molar-refractivity contribution >= 4 is 6.16 Å². The Kier molecular flexibility index (Phi) is 8.78. The predicted octanol–water partition coefficient (Wildman–Crippen LogP) is 2.53. The third-order valence-electron chi connectivity index (χ3n) is 3.59. The fourth-order valence-electron chi connectivity index (χ4n) is 1.49. The van der Waals surface area contributed by atoms with Crippen LogP contribution in [0.15, 0.2) is 0 Å². The van der Waals surface area contributed by atoms with Crippen LogP contribution in [0.3, 0.4) is 0 Å². The summed E-state index contributed by atoms with van der Waals surface area (Å²) in [5.41, 5.74) is -0.692. The van der Waals surface area contributed by atoms with Crippen LogP contribution in [-0.2, 0) is 19.1 Å². The first-order chi connectivity index (χ1) is 11.0. The van der Waals surface area contributed by atoms with Crippen LogP contribution in [-0.4, -0.2) is 40.7 Å². The van der Waals surface area contributed by atoms with Gasteiger partial charge in [0.15, 0.2) is 0 Å². The fraction of sp³-hybridized carbons (Fsp3) is 0.923. The standard InChI is InChI=1S/C13H24N2O9/c1-9(2)13(4,5)22-12(16)21-8-6-7-11(24-15(19)20)10(3)23-14(17)18/h9-11H,6-8H2,1-5H3/t10-,11-/m1/s1. The zero-order valence-corrected chi connectivity index (χ0v) is 14.4. The molecule has 0 aromatic rings. The average Bonchev–Trinajstić information content (AvgIpc) is 2.40. The highest BCUT2D eigenvalue weighted by molar-refractivity contribution is 5.60. The molecule has 11 nitrogen and oxygen atoms in total. The summed E-state index contributed by atoms with van der Waals surface area (Å²) in [5.74, 6) is 0.0862. The predicted molar refractivity (Wildman–Crippen MR) is 80.0 cm³/mol. The lowest BCUT2D eigenvalue weighted by Crippen LogP contribution is -2.34. The van der Waals surface area contributed by atoms with Gasteiger partial charge in [-0.2, -0.15) is 0 Å². The van der Waals surface area contributed by atoms with Crippen LogP contribution >= 0.6 is 0 Å². The minimum absolute atomic E-state index is 0.0246. The molecule has 0 aromatic heterocycles. The van der Waals surface area contributed by atoms with Crippen molar-refractivity contribution in [2.45, 2.75) is 65.3 Å². The van der Waals surface area contributed by atoms with Crippen LogP contribution < -0.4 is 0 Å². The lowest BCUT2D eigenvalue weighted by Gasteiger charge is -2.28. The minimum Gasteiger partial charge on any atom is -0.434 e. The van der Waals surface area contributed by atoms with Crippen LogP contribution in [0.4, 0.5) is 4.79 Å². The van der Waals surface area contributed by atoms with E-state index in [1.807, 2.05) is 13.8 Å². The van der Waals surface area contributed by atoms with Gasteiger partial charge in [-0.25, -0.2) is 4.79 Å². The van der Waals surface area contributed by atoms with Gasteiger partial charge in [-0.05, 0) is 39.5 Å². The Morgan fingerprint density at radius 3 is 2.08 bits per heavy atom. The van der Waals surface area contributed by atoms with Crippen molar-refractivity contribution in [2.75, 3.05) is 6.61 Å². The maximum Gasteiger partial charge on any atom is 0.508 e. The molecule has 11 heteroatoms. The molecule has 0 N–H and O–H groups in total. The first kappa shape index (κ1) is 21.7. The molecule has 2 atom stereocenters. The van der Waals surface area contributed by atoms with Crippen molar-refractivity contribution in [1.29, 1.82) is 0 Å². The average molecular weight is 352 g/mol. The van der Waals surface area contributed by atoms with E-state index in [0.717, 1.165) is 0 Å². The second kappa shape index (κ2) is 9.73. The number of rotatable bonds is 11. The quantitative estimate of drug-likeness (QED) is 0.237. The summed E-state index contributed by atoms with van der Waals surface area (Å²) in [5, 5.41) is 18.6. The molecule has 24 heavy (non-hydrogen) atoms. The molecule has 0 fully saturated rings. The van der Waals surface area contributed by atoms with Gasteiger partial charge < -0.3 is 19.1 Å². The van der Waals surface area contributed by atoms with E-state index in [1.165, 1.54) is 6.92 Å². The van der Waals surface area contributed by atoms with Gasteiger partial charge in [0.25, 0.3) is 10.2 Å². The summed E-state index contributed by atoms with van der Waals surface area (Å²) < 4.78 is 10.0. The van der Waals surface area contributed by atoms with E-state index in [9.17, 15) is 25.0 Å². The molecule has 0 aliphatic carbocycles. The summed E-state index contributed by atoms with van der Waals surface area (Å²) in [6.07, 6.45) is -2.94. The maximum atomic E-state index is 11.6. The zero-order chi connectivity index (χ0) is 18.9.